The predicted octanol–water partition coefficient (Wildman–Crippen LogP) is 1.87. The molecule has 1 atom stereocenters. The predicted molar refractivity (Wildman–Crippen MR) is 98.9 cm³/mol. The first-order valence-corrected chi connectivity index (χ1v) is 8.22. The summed E-state index contributed by atoms with van der Waals surface area (Å²) in [6, 6.07) is 6.80. The lowest BCUT2D eigenvalue weighted by atomic mass is 10.1. The van der Waals surface area contributed by atoms with E-state index in [0.717, 1.165) is 17.1 Å². The molecule has 6 nitrogen and oxygen atoms in total. The van der Waals surface area contributed by atoms with Gasteiger partial charge in [0.05, 0.1) is 12.2 Å². The second kappa shape index (κ2) is 8.62. The molecule has 0 amide bonds. The lowest BCUT2D eigenvalue weighted by molar-refractivity contribution is 0.295. The molecule has 0 bridgehead atoms. The number of nitrogens with zero attached hydrogens (tertiary/aromatic N) is 5. The summed E-state index contributed by atoms with van der Waals surface area (Å²) >= 11 is 0. The zero-order valence-electron chi connectivity index (χ0n) is 15.6. The Morgan fingerprint density at radius 3 is 2.68 bits per heavy atom. The Morgan fingerprint density at radius 1 is 1.36 bits per heavy atom. The van der Waals surface area contributed by atoms with Crippen LogP contribution in [0.5, 0.6) is 0 Å². The van der Waals surface area contributed by atoms with Crippen molar-refractivity contribution in [2.45, 2.75) is 12.6 Å². The van der Waals surface area contributed by atoms with E-state index >= 15 is 0 Å². The van der Waals surface area contributed by atoms with Gasteiger partial charge in [-0.3, -0.25) is 9.67 Å². The average molecular weight is 346 g/mol. The number of hydrogen-bond donors (Lipinski definition) is 1. The Bertz CT molecular complexity index is 709. The van der Waals surface area contributed by atoms with Crippen molar-refractivity contribution in [1.29, 1.82) is 0 Å². The van der Waals surface area contributed by atoms with Gasteiger partial charge in [-0.2, -0.15) is 5.10 Å². The van der Waals surface area contributed by atoms with Crippen LogP contribution in [0.2, 0.25) is 0 Å². The number of rotatable bonds is 6. The third-order valence-corrected chi connectivity index (χ3v) is 4.07. The number of benzene rings is 1. The lowest BCUT2D eigenvalue weighted by Gasteiger charge is -2.27. The molecule has 136 valence electrons. The minimum absolute atomic E-state index is 0.174. The van der Waals surface area contributed by atoms with Gasteiger partial charge < -0.3 is 15.1 Å². The van der Waals surface area contributed by atoms with Crippen LogP contribution in [0.3, 0.4) is 0 Å². The fraction of sp³-hybridized carbons (Fsp3) is 0.444. The molecule has 7 heteroatoms. The van der Waals surface area contributed by atoms with Crippen LogP contribution in [0.1, 0.15) is 17.2 Å². The first kappa shape index (κ1) is 18.9. The monoisotopic (exact) mass is 346 g/mol. The molecule has 0 spiro atoms. The summed E-state index contributed by atoms with van der Waals surface area (Å²) in [4.78, 5) is 8.45. The number of halogens is 1. The molecule has 0 aliphatic rings. The Hall–Kier alpha value is -2.41. The van der Waals surface area contributed by atoms with Crippen LogP contribution in [0.4, 0.5) is 4.39 Å². The van der Waals surface area contributed by atoms with Gasteiger partial charge in [0.25, 0.3) is 0 Å². The number of guanidine groups is 1. The summed E-state index contributed by atoms with van der Waals surface area (Å²) in [6.45, 7) is 1.27. The zero-order chi connectivity index (χ0) is 18.4. The van der Waals surface area contributed by atoms with Gasteiger partial charge >= 0.3 is 0 Å². The zero-order valence-corrected chi connectivity index (χ0v) is 15.6. The Labute approximate surface area is 149 Å². The molecule has 0 saturated carbocycles. The van der Waals surface area contributed by atoms with E-state index in [1.165, 1.54) is 6.07 Å². The van der Waals surface area contributed by atoms with Crippen molar-refractivity contribution in [3.8, 4) is 0 Å². The molecule has 0 aliphatic heterocycles. The first-order chi connectivity index (χ1) is 11.9. The minimum Gasteiger partial charge on any atom is -0.354 e. The second-order valence-corrected chi connectivity index (χ2v) is 6.34. The van der Waals surface area contributed by atoms with Gasteiger partial charge in [0.1, 0.15) is 5.82 Å². The van der Waals surface area contributed by atoms with Gasteiger partial charge in [0.15, 0.2) is 5.96 Å². The molecule has 1 unspecified atom stereocenters. The van der Waals surface area contributed by atoms with E-state index in [9.17, 15) is 4.39 Å². The second-order valence-electron chi connectivity index (χ2n) is 6.34. The molecule has 2 rings (SSSR count). The number of nitrogens with one attached hydrogen (secondary N) is 1. The van der Waals surface area contributed by atoms with Gasteiger partial charge in [-0.15, -0.1) is 0 Å². The van der Waals surface area contributed by atoms with Crippen LogP contribution in [0.15, 0.2) is 41.7 Å². The lowest BCUT2D eigenvalue weighted by Crippen LogP contribution is -2.42. The maximum absolute atomic E-state index is 13.4. The van der Waals surface area contributed by atoms with E-state index in [1.54, 1.807) is 23.9 Å². The average Bonchev–Trinajstić information content (AvgIpc) is 2.97. The van der Waals surface area contributed by atoms with Crippen molar-refractivity contribution in [3.05, 3.63) is 53.6 Å². The van der Waals surface area contributed by atoms with E-state index in [1.807, 2.05) is 51.6 Å². The Morgan fingerprint density at radius 2 is 2.12 bits per heavy atom. The van der Waals surface area contributed by atoms with Crippen molar-refractivity contribution < 1.29 is 4.39 Å². The van der Waals surface area contributed by atoms with E-state index in [0.29, 0.717) is 13.1 Å². The summed E-state index contributed by atoms with van der Waals surface area (Å²) in [5.74, 6) is 0.540. The van der Waals surface area contributed by atoms with Gasteiger partial charge in [-0.25, -0.2) is 4.39 Å². The van der Waals surface area contributed by atoms with Crippen molar-refractivity contribution in [3.63, 3.8) is 0 Å². The summed E-state index contributed by atoms with van der Waals surface area (Å²) in [5.41, 5.74) is 2.05. The third kappa shape index (κ3) is 5.29. The normalized spacial score (nSPS) is 13.2. The SMILES string of the molecule is CN=C(NCC(c1cnn(C)c1)N(C)C)N(C)Cc1cccc(F)c1. The Kier molecular flexibility index (Phi) is 6.52. The molecule has 25 heavy (non-hydrogen) atoms. The highest BCUT2D eigenvalue weighted by Gasteiger charge is 2.17. The molecule has 1 N–H and O–H groups in total. The smallest absolute Gasteiger partial charge is 0.193 e. The van der Waals surface area contributed by atoms with Gasteiger partial charge in [0.2, 0.25) is 0 Å². The molecule has 0 saturated heterocycles. The summed E-state index contributed by atoms with van der Waals surface area (Å²) in [5, 5.41) is 7.65. The van der Waals surface area contributed by atoms with Crippen molar-refractivity contribution in [1.82, 2.24) is 24.9 Å². The highest BCUT2D eigenvalue weighted by Crippen LogP contribution is 2.16. The highest BCUT2D eigenvalue weighted by molar-refractivity contribution is 5.79. The van der Waals surface area contributed by atoms with Gasteiger partial charge in [-0.05, 0) is 31.8 Å². The standard InChI is InChI=1S/C18H27FN6/c1-20-18(24(4)12-14-7-6-8-16(19)9-14)21-11-17(23(2)3)15-10-22-25(5)13-15/h6-10,13,17H,11-12H2,1-5H3,(H,20,21). The summed E-state index contributed by atoms with van der Waals surface area (Å²) in [7, 11) is 9.68. The molecule has 1 aromatic carbocycles. The van der Waals surface area contributed by atoms with Gasteiger partial charge in [-0.1, -0.05) is 12.1 Å². The maximum Gasteiger partial charge on any atom is 0.193 e. The first-order valence-electron chi connectivity index (χ1n) is 8.22. The van der Waals surface area contributed by atoms with E-state index in [4.69, 9.17) is 0 Å². The highest BCUT2D eigenvalue weighted by atomic mass is 19.1. The van der Waals surface area contributed by atoms with Crippen molar-refractivity contribution in [2.24, 2.45) is 12.0 Å². The van der Waals surface area contributed by atoms with E-state index < -0.39 is 0 Å². The quantitative estimate of drug-likeness (QED) is 0.641. The number of aromatic nitrogens is 2. The number of aliphatic imine (C=N–C) groups is 1. The van der Waals surface area contributed by atoms with Crippen LogP contribution < -0.4 is 5.32 Å². The summed E-state index contributed by atoms with van der Waals surface area (Å²) in [6.07, 6.45) is 3.90. The third-order valence-electron chi connectivity index (χ3n) is 4.07. The molecular formula is C18H27FN6. The molecule has 0 radical (unpaired) electrons. The molecule has 2 aromatic rings. The number of likely N-dealkylation sites (N-methyl/N-ethyl adjacent to an activating group) is 1. The van der Waals surface area contributed by atoms with Crippen LogP contribution in [0, 0.1) is 5.82 Å². The molecule has 0 fully saturated rings. The Balaban J connectivity index is 2.00. The number of aryl methyl sites for hydroxylation is 1. The fourth-order valence-electron chi connectivity index (χ4n) is 2.77. The maximum atomic E-state index is 13.4. The topological polar surface area (TPSA) is 48.7 Å². The molecule has 1 heterocycles. The van der Waals surface area contributed by atoms with Crippen molar-refractivity contribution >= 4 is 5.96 Å². The minimum atomic E-state index is -0.224. The largest absolute Gasteiger partial charge is 0.354 e. The van der Waals surface area contributed by atoms with E-state index in [-0.39, 0.29) is 11.9 Å². The van der Waals surface area contributed by atoms with E-state index in [2.05, 4.69) is 20.3 Å². The molecule has 1 aromatic heterocycles. The van der Waals surface area contributed by atoms with Crippen LogP contribution in [-0.2, 0) is 13.6 Å². The molecular weight excluding hydrogens is 319 g/mol. The van der Waals surface area contributed by atoms with Crippen LogP contribution in [0.25, 0.3) is 0 Å². The van der Waals surface area contributed by atoms with Crippen molar-refractivity contribution in [2.75, 3.05) is 34.7 Å². The number of hydrogen-bond acceptors (Lipinski definition) is 3. The summed E-state index contributed by atoms with van der Waals surface area (Å²) < 4.78 is 15.2. The van der Waals surface area contributed by atoms with Crippen LogP contribution >= 0.6 is 0 Å². The van der Waals surface area contributed by atoms with Crippen LogP contribution in [-0.4, -0.2) is 60.3 Å². The molecule has 0 aliphatic carbocycles. The fourth-order valence-corrected chi connectivity index (χ4v) is 2.77. The van der Waals surface area contributed by atoms with Gasteiger partial charge in [0, 0.05) is 46.0 Å².